The van der Waals surface area contributed by atoms with Gasteiger partial charge in [0, 0.05) is 6.42 Å². The number of ether oxygens (including phenoxy) is 3. The van der Waals surface area contributed by atoms with Crippen LogP contribution in [0.4, 0.5) is 0 Å². The number of aliphatic hydroxyl groups excluding tert-OH is 5. The molecule has 6 N–H and O–H groups in total. The van der Waals surface area contributed by atoms with Crippen LogP contribution in [-0.2, 0) is 23.8 Å². The monoisotopic (exact) mass is 1110 g/mol. The number of hydrogen-bond donors (Lipinski definition) is 6. The van der Waals surface area contributed by atoms with Gasteiger partial charge in [-0.2, -0.15) is 0 Å². The second-order valence-corrected chi connectivity index (χ2v) is 22.2. The summed E-state index contributed by atoms with van der Waals surface area (Å²) in [5, 5.41) is 57.1. The number of carbonyl (C=O) groups excluding carboxylic acids is 2. The van der Waals surface area contributed by atoms with Crippen LogP contribution < -0.4 is 5.32 Å². The van der Waals surface area contributed by atoms with Crippen molar-refractivity contribution < 1.29 is 49.3 Å². The van der Waals surface area contributed by atoms with Crippen LogP contribution in [0.3, 0.4) is 0 Å². The molecule has 1 aliphatic heterocycles. The molecule has 0 aliphatic carbocycles. The van der Waals surface area contributed by atoms with Gasteiger partial charge in [0.1, 0.15) is 24.4 Å². The highest BCUT2D eigenvalue weighted by molar-refractivity contribution is 5.80. The Hall–Kier alpha value is -3.16. The quantitative estimate of drug-likeness (QED) is 0.0149. The summed E-state index contributed by atoms with van der Waals surface area (Å²) in [6.07, 6.45) is 61.8. The van der Waals surface area contributed by atoms with Crippen molar-refractivity contribution in [2.45, 2.75) is 320 Å². The second kappa shape index (κ2) is 55.4. The molecular weight excluding hydrogens is 991 g/mol. The van der Waals surface area contributed by atoms with Crippen LogP contribution in [0.2, 0.25) is 0 Å². The van der Waals surface area contributed by atoms with Crippen LogP contribution in [0, 0.1) is 0 Å². The van der Waals surface area contributed by atoms with Crippen LogP contribution in [-0.4, -0.2) is 99.6 Å². The van der Waals surface area contributed by atoms with Crippen molar-refractivity contribution in [3.63, 3.8) is 0 Å². The van der Waals surface area contributed by atoms with E-state index < -0.39 is 67.4 Å². The highest BCUT2D eigenvalue weighted by Gasteiger charge is 2.47. The summed E-state index contributed by atoms with van der Waals surface area (Å²) < 4.78 is 17.6. The van der Waals surface area contributed by atoms with Crippen molar-refractivity contribution >= 4 is 11.9 Å². The van der Waals surface area contributed by atoms with Crippen LogP contribution in [0.25, 0.3) is 0 Å². The molecule has 1 amide bonds. The Balaban J connectivity index is 2.66. The molecule has 0 aromatic carbocycles. The molecular formula is C68H119NO10. The lowest BCUT2D eigenvalue weighted by molar-refractivity contribution is -0.305. The number of carbonyl (C=O) groups is 2. The smallest absolute Gasteiger partial charge is 0.306 e. The zero-order valence-corrected chi connectivity index (χ0v) is 50.5. The fraction of sp³-hybridized carbons (Fsp3) is 0.765. The average molecular weight is 1110 g/mol. The van der Waals surface area contributed by atoms with E-state index in [4.69, 9.17) is 14.2 Å². The lowest BCUT2D eigenvalue weighted by Gasteiger charge is -2.41. The largest absolute Gasteiger partial charge is 0.454 e. The summed E-state index contributed by atoms with van der Waals surface area (Å²) in [6.45, 7) is 5.63. The number of rotatable bonds is 54. The molecule has 1 rings (SSSR count). The molecule has 0 aromatic heterocycles. The maximum Gasteiger partial charge on any atom is 0.306 e. The first-order chi connectivity index (χ1) is 38.7. The Labute approximate surface area is 483 Å². The van der Waals surface area contributed by atoms with Crippen molar-refractivity contribution in [3.05, 3.63) is 85.1 Å². The third kappa shape index (κ3) is 43.2. The fourth-order valence-corrected chi connectivity index (χ4v) is 9.72. The molecule has 79 heavy (non-hydrogen) atoms. The number of esters is 1. The van der Waals surface area contributed by atoms with Gasteiger partial charge in [0.2, 0.25) is 5.91 Å². The first-order valence-corrected chi connectivity index (χ1v) is 32.4. The Morgan fingerprint density at radius 2 is 0.962 bits per heavy atom. The van der Waals surface area contributed by atoms with E-state index in [0.717, 1.165) is 109 Å². The first kappa shape index (κ1) is 73.9. The van der Waals surface area contributed by atoms with Crippen LogP contribution >= 0.6 is 0 Å². The Kier molecular flexibility index (Phi) is 51.8. The van der Waals surface area contributed by atoms with Gasteiger partial charge >= 0.3 is 5.97 Å². The summed E-state index contributed by atoms with van der Waals surface area (Å²) in [5.41, 5.74) is 0. The molecule has 8 atom stereocenters. The Bertz CT molecular complexity index is 1610. The standard InChI is InChI=1S/C68H119NO10/c1-4-7-10-13-16-19-22-25-27-28-29-30-31-32-33-35-37-40-43-46-49-52-55-61(72)67(76)69-59(60(71)54-51-48-45-42-39-36-24-21-18-15-12-9-6-3)58-77-68-66(65(75)64(74)62(57-70)78-68)79-63(73)56-53-50-47-44-41-38-34-26-23-20-17-14-11-8-5-2/h8,11,14,16-17,19-20,23,25,27,29-30,51,54,59-62,64-66,68,70-72,74-75H,4-7,9-10,12-13,15,18,21-22,24,26,28,31-50,52-53,55-58H2,1-3H3,(H,69,76)/b11-8+,17-14+,19-16-,23-20+,27-25-,30-29-,54-51+. The molecule has 1 saturated heterocycles. The summed E-state index contributed by atoms with van der Waals surface area (Å²) in [5.74, 6) is -1.21. The van der Waals surface area contributed by atoms with Crippen molar-refractivity contribution in [1.82, 2.24) is 5.32 Å². The summed E-state index contributed by atoms with van der Waals surface area (Å²) >= 11 is 0. The lowest BCUT2D eigenvalue weighted by atomic mass is 9.99. The van der Waals surface area contributed by atoms with Gasteiger partial charge in [-0.1, -0.05) is 266 Å². The highest BCUT2D eigenvalue weighted by Crippen LogP contribution is 2.26. The molecule has 11 heteroatoms. The van der Waals surface area contributed by atoms with Crippen LogP contribution in [0.15, 0.2) is 85.1 Å². The fourth-order valence-electron chi connectivity index (χ4n) is 9.72. The lowest BCUT2D eigenvalue weighted by Crippen LogP contribution is -2.61. The predicted molar refractivity (Wildman–Crippen MR) is 329 cm³/mol. The number of unbranched alkanes of at least 4 members (excludes halogenated alkanes) is 30. The number of amides is 1. The van der Waals surface area contributed by atoms with E-state index in [2.05, 4.69) is 92.9 Å². The third-order valence-electron chi connectivity index (χ3n) is 14.8. The average Bonchev–Trinajstić information content (AvgIpc) is 3.50. The maximum atomic E-state index is 13.5. The SMILES string of the molecule is CC/C=C/C=C/C=C/CCCCCCCCCC(=O)OC1C(OCC(NC(=O)C(O)CCCCCCCCCCC/C=C\C/C=C\C/C=C\CCCCC)C(O)/C=C/CCCCCCCCCCCCC)OC(CO)C(O)C1O. The van der Waals surface area contributed by atoms with Gasteiger partial charge in [-0.3, -0.25) is 9.59 Å². The van der Waals surface area contributed by atoms with Crippen molar-refractivity contribution in [2.24, 2.45) is 0 Å². The van der Waals surface area contributed by atoms with Gasteiger partial charge in [0.25, 0.3) is 0 Å². The Morgan fingerprint density at radius 3 is 1.49 bits per heavy atom. The third-order valence-corrected chi connectivity index (χ3v) is 14.8. The van der Waals surface area contributed by atoms with E-state index >= 15 is 0 Å². The van der Waals surface area contributed by atoms with Gasteiger partial charge in [0.05, 0.1) is 25.4 Å². The highest BCUT2D eigenvalue weighted by atomic mass is 16.7. The molecule has 0 spiro atoms. The van der Waals surface area contributed by atoms with E-state index in [1.807, 2.05) is 12.2 Å². The minimum absolute atomic E-state index is 0.107. The number of aliphatic hydroxyl groups is 5. The zero-order chi connectivity index (χ0) is 57.5. The number of hydrogen-bond acceptors (Lipinski definition) is 10. The van der Waals surface area contributed by atoms with E-state index in [1.54, 1.807) is 6.08 Å². The normalized spacial score (nSPS) is 19.4. The van der Waals surface area contributed by atoms with Crippen molar-refractivity contribution in [2.75, 3.05) is 13.2 Å². The van der Waals surface area contributed by atoms with E-state index in [1.165, 1.54) is 116 Å². The van der Waals surface area contributed by atoms with Gasteiger partial charge < -0.3 is 45.1 Å². The summed E-state index contributed by atoms with van der Waals surface area (Å²) in [6, 6.07) is -1.03. The van der Waals surface area contributed by atoms with Crippen LogP contribution in [0.1, 0.15) is 271 Å². The second-order valence-electron chi connectivity index (χ2n) is 22.2. The number of allylic oxidation sites excluding steroid dienone is 13. The molecule has 1 aliphatic rings. The van der Waals surface area contributed by atoms with Gasteiger partial charge in [-0.05, 0) is 83.5 Å². The minimum atomic E-state index is -1.62. The predicted octanol–water partition coefficient (Wildman–Crippen LogP) is 15.7. The Morgan fingerprint density at radius 1 is 0.519 bits per heavy atom. The van der Waals surface area contributed by atoms with E-state index in [-0.39, 0.29) is 19.4 Å². The van der Waals surface area contributed by atoms with Crippen LogP contribution in [0.5, 0.6) is 0 Å². The number of nitrogens with one attached hydrogen (secondary N) is 1. The molecule has 0 bridgehead atoms. The van der Waals surface area contributed by atoms with E-state index in [9.17, 15) is 35.1 Å². The summed E-state index contributed by atoms with van der Waals surface area (Å²) in [4.78, 5) is 26.6. The van der Waals surface area contributed by atoms with Gasteiger partial charge in [-0.25, -0.2) is 0 Å². The van der Waals surface area contributed by atoms with E-state index in [0.29, 0.717) is 12.8 Å². The summed E-state index contributed by atoms with van der Waals surface area (Å²) in [7, 11) is 0. The van der Waals surface area contributed by atoms with Gasteiger partial charge in [0.15, 0.2) is 12.4 Å². The molecule has 8 unspecified atom stereocenters. The minimum Gasteiger partial charge on any atom is -0.454 e. The van der Waals surface area contributed by atoms with Gasteiger partial charge in [-0.15, -0.1) is 0 Å². The molecule has 0 radical (unpaired) electrons. The zero-order valence-electron chi connectivity index (χ0n) is 50.5. The van der Waals surface area contributed by atoms with Crippen molar-refractivity contribution in [3.8, 4) is 0 Å². The molecule has 11 nitrogen and oxygen atoms in total. The maximum absolute atomic E-state index is 13.5. The molecule has 1 fully saturated rings. The molecule has 456 valence electrons. The molecule has 0 saturated carbocycles. The van der Waals surface area contributed by atoms with Crippen molar-refractivity contribution in [1.29, 1.82) is 0 Å². The molecule has 0 aromatic rings. The first-order valence-electron chi connectivity index (χ1n) is 32.4. The molecule has 1 heterocycles. The topological polar surface area (TPSA) is 175 Å².